The van der Waals surface area contributed by atoms with Crippen LogP contribution in [0, 0.1) is 0 Å². The van der Waals surface area contributed by atoms with Gasteiger partial charge in [0.1, 0.15) is 0 Å². The number of hydrogen-bond acceptors (Lipinski definition) is 1. The average molecular weight is 168 g/mol. The Kier molecular flexibility index (Phi) is 24.0. The van der Waals surface area contributed by atoms with E-state index in [1.54, 1.807) is 0 Å². The van der Waals surface area contributed by atoms with Crippen molar-refractivity contribution in [2.45, 2.75) is 13.3 Å². The highest BCUT2D eigenvalue weighted by atomic mass is 79.9. The van der Waals surface area contributed by atoms with Gasteiger partial charge < -0.3 is 5.32 Å². The van der Waals surface area contributed by atoms with Crippen molar-refractivity contribution >= 4 is 15.9 Å². The monoisotopic (exact) mass is 167 g/mol. The summed E-state index contributed by atoms with van der Waals surface area (Å²) < 4.78 is 0. The number of nitrogens with one attached hydrogen (secondary N) is 1. The quantitative estimate of drug-likeness (QED) is 0.586. The number of hydrogen-bond donors (Lipinski definition) is 1. The molecule has 0 aromatic heterocycles. The van der Waals surface area contributed by atoms with E-state index in [4.69, 9.17) is 0 Å². The Morgan fingerprint density at radius 3 is 1.57 bits per heavy atom. The Balaban J connectivity index is 0. The largest absolute Gasteiger partial charge is 0.323 e. The summed E-state index contributed by atoms with van der Waals surface area (Å²) in [5.41, 5.74) is 0. The topological polar surface area (TPSA) is 12.0 Å². The van der Waals surface area contributed by atoms with Crippen molar-refractivity contribution in [2.75, 3.05) is 19.4 Å². The Labute approximate surface area is 54.6 Å². The van der Waals surface area contributed by atoms with Gasteiger partial charge in [0, 0.05) is 5.33 Å². The van der Waals surface area contributed by atoms with Gasteiger partial charge >= 0.3 is 0 Å². The van der Waals surface area contributed by atoms with Gasteiger partial charge in [-0.3, -0.25) is 0 Å². The summed E-state index contributed by atoms with van der Waals surface area (Å²) in [5, 5.41) is 3.88. The number of alkyl halides is 1. The standard InChI is InChI=1S/C3H7Br.C2H7N/c1-2-3-4;1-3-2/h2-3H2,1H3;3H,1-2H3. The van der Waals surface area contributed by atoms with E-state index in [-0.39, 0.29) is 0 Å². The molecule has 0 bridgehead atoms. The Bertz CT molecular complexity index is 15.6. The van der Waals surface area contributed by atoms with Crippen LogP contribution in [0.2, 0.25) is 0 Å². The van der Waals surface area contributed by atoms with Gasteiger partial charge in [-0.25, -0.2) is 0 Å². The molecule has 0 spiro atoms. The summed E-state index contributed by atoms with van der Waals surface area (Å²) >= 11 is 3.25. The molecule has 1 N–H and O–H groups in total. The molecule has 46 valence electrons. The van der Waals surface area contributed by atoms with E-state index in [0.717, 1.165) is 5.33 Å². The second-order valence-corrected chi connectivity index (χ2v) is 1.98. The number of halogens is 1. The van der Waals surface area contributed by atoms with Crippen LogP contribution in [0.15, 0.2) is 0 Å². The molecule has 0 aliphatic carbocycles. The predicted molar refractivity (Wildman–Crippen MR) is 39.1 cm³/mol. The normalized spacial score (nSPS) is 6.86. The second-order valence-electron chi connectivity index (χ2n) is 1.19. The van der Waals surface area contributed by atoms with E-state index in [0.29, 0.717) is 0 Å². The van der Waals surface area contributed by atoms with Crippen LogP contribution in [-0.4, -0.2) is 19.4 Å². The van der Waals surface area contributed by atoms with Crippen LogP contribution in [0.5, 0.6) is 0 Å². The molecule has 0 unspecified atom stereocenters. The van der Waals surface area contributed by atoms with Crippen molar-refractivity contribution in [1.29, 1.82) is 0 Å². The van der Waals surface area contributed by atoms with Gasteiger partial charge in [-0.1, -0.05) is 22.9 Å². The third-order valence-electron chi connectivity index (χ3n) is 0.189. The van der Waals surface area contributed by atoms with Crippen LogP contribution in [0.3, 0.4) is 0 Å². The second kappa shape index (κ2) is 16.1. The van der Waals surface area contributed by atoms with E-state index in [1.807, 2.05) is 14.1 Å². The lowest BCUT2D eigenvalue weighted by molar-refractivity contribution is 1.02. The van der Waals surface area contributed by atoms with Gasteiger partial charge in [-0.15, -0.1) is 0 Å². The fourth-order valence-electron chi connectivity index (χ4n) is 0. The van der Waals surface area contributed by atoms with Gasteiger partial charge in [0.2, 0.25) is 0 Å². The SMILES string of the molecule is CCCBr.CNC. The van der Waals surface area contributed by atoms with Crippen molar-refractivity contribution in [3.8, 4) is 0 Å². The summed E-state index contributed by atoms with van der Waals surface area (Å²) in [7, 11) is 3.75. The van der Waals surface area contributed by atoms with Crippen LogP contribution in [-0.2, 0) is 0 Å². The summed E-state index contributed by atoms with van der Waals surface area (Å²) in [6.45, 7) is 2.13. The zero-order valence-electron chi connectivity index (χ0n) is 5.29. The highest BCUT2D eigenvalue weighted by molar-refractivity contribution is 9.09. The molecule has 0 heterocycles. The summed E-state index contributed by atoms with van der Waals surface area (Å²) in [6, 6.07) is 0. The van der Waals surface area contributed by atoms with Gasteiger partial charge in [0.05, 0.1) is 0 Å². The maximum atomic E-state index is 3.25. The first-order valence-corrected chi connectivity index (χ1v) is 3.60. The third kappa shape index (κ3) is 61.2. The van der Waals surface area contributed by atoms with Gasteiger partial charge in [-0.2, -0.15) is 0 Å². The van der Waals surface area contributed by atoms with Crippen LogP contribution >= 0.6 is 15.9 Å². The first-order chi connectivity index (χ1) is 3.33. The summed E-state index contributed by atoms with van der Waals surface area (Å²) in [4.78, 5) is 0. The van der Waals surface area contributed by atoms with Gasteiger partial charge in [0.25, 0.3) is 0 Å². The van der Waals surface area contributed by atoms with Crippen LogP contribution in [0.4, 0.5) is 0 Å². The minimum Gasteiger partial charge on any atom is -0.323 e. The fourth-order valence-corrected chi connectivity index (χ4v) is 0. The molecule has 0 aliphatic heterocycles. The maximum absolute atomic E-state index is 3.25. The fraction of sp³-hybridized carbons (Fsp3) is 1.00. The minimum absolute atomic E-state index is 1.13. The van der Waals surface area contributed by atoms with Crippen LogP contribution < -0.4 is 5.32 Å². The van der Waals surface area contributed by atoms with Gasteiger partial charge in [-0.05, 0) is 20.5 Å². The van der Waals surface area contributed by atoms with E-state index in [1.165, 1.54) is 6.42 Å². The van der Waals surface area contributed by atoms with Gasteiger partial charge in [0.15, 0.2) is 0 Å². The number of rotatable bonds is 1. The van der Waals surface area contributed by atoms with Crippen LogP contribution in [0.1, 0.15) is 13.3 Å². The highest BCUT2D eigenvalue weighted by Gasteiger charge is 1.58. The van der Waals surface area contributed by atoms with E-state index < -0.39 is 0 Å². The van der Waals surface area contributed by atoms with Crippen molar-refractivity contribution in [1.82, 2.24) is 5.32 Å². The van der Waals surface area contributed by atoms with Crippen molar-refractivity contribution in [2.24, 2.45) is 0 Å². The van der Waals surface area contributed by atoms with E-state index in [2.05, 4.69) is 28.2 Å². The molecule has 0 aromatic rings. The molecule has 0 aliphatic rings. The van der Waals surface area contributed by atoms with E-state index >= 15 is 0 Å². The zero-order valence-corrected chi connectivity index (χ0v) is 6.88. The molecular formula is C5H14BrN. The lowest BCUT2D eigenvalue weighted by Gasteiger charge is -1.66. The minimum atomic E-state index is 1.13. The zero-order chi connectivity index (χ0) is 6.12. The highest BCUT2D eigenvalue weighted by Crippen LogP contribution is 1.80. The lowest BCUT2D eigenvalue weighted by Crippen LogP contribution is -1.89. The molecule has 0 aromatic carbocycles. The smallest absolute Gasteiger partial charge is 0.00286 e. The first kappa shape index (κ1) is 10.4. The molecule has 0 radical (unpaired) electrons. The van der Waals surface area contributed by atoms with Crippen molar-refractivity contribution in [3.63, 3.8) is 0 Å². The Morgan fingerprint density at radius 1 is 1.43 bits per heavy atom. The molecule has 0 rings (SSSR count). The molecule has 2 heteroatoms. The molecule has 0 atom stereocenters. The van der Waals surface area contributed by atoms with Crippen molar-refractivity contribution < 1.29 is 0 Å². The average Bonchev–Trinajstić information content (AvgIpc) is 1.69. The molecule has 0 amide bonds. The first-order valence-electron chi connectivity index (χ1n) is 2.47. The molecule has 0 saturated carbocycles. The van der Waals surface area contributed by atoms with E-state index in [9.17, 15) is 0 Å². The molecule has 0 fully saturated rings. The lowest BCUT2D eigenvalue weighted by atomic mass is 10.6. The maximum Gasteiger partial charge on any atom is 0.00286 e. The van der Waals surface area contributed by atoms with Crippen molar-refractivity contribution in [3.05, 3.63) is 0 Å². The Morgan fingerprint density at radius 2 is 1.57 bits per heavy atom. The molecule has 1 nitrogen and oxygen atoms in total. The summed E-state index contributed by atoms with van der Waals surface area (Å²) in [6.07, 6.45) is 1.24. The third-order valence-corrected chi connectivity index (χ3v) is 0.982. The molecule has 7 heavy (non-hydrogen) atoms. The molecular weight excluding hydrogens is 154 g/mol. The predicted octanol–water partition coefficient (Wildman–Crippen LogP) is 1.63. The molecule has 0 saturated heterocycles. The Hall–Kier alpha value is 0.440. The summed E-state index contributed by atoms with van der Waals surface area (Å²) in [5.74, 6) is 0. The van der Waals surface area contributed by atoms with Crippen LogP contribution in [0.25, 0.3) is 0 Å².